The van der Waals surface area contributed by atoms with Crippen molar-refractivity contribution in [1.82, 2.24) is 4.57 Å². The molecule has 2 heteroatoms. The van der Waals surface area contributed by atoms with Crippen LogP contribution in [0.15, 0.2) is 291 Å². The normalized spacial score (nSPS) is 13.5. The Morgan fingerprint density at radius 1 is 0.295 bits per heavy atom. The molecule has 0 atom stereocenters. The minimum Gasteiger partial charge on any atom is -0.310 e. The van der Waals surface area contributed by atoms with Crippen LogP contribution in [0.1, 0.15) is 47.2 Å². The van der Waals surface area contributed by atoms with Crippen molar-refractivity contribution in [1.29, 1.82) is 0 Å². The van der Waals surface area contributed by atoms with Crippen molar-refractivity contribution in [2.45, 2.75) is 24.7 Å². The van der Waals surface area contributed by atoms with Gasteiger partial charge in [-0.3, -0.25) is 0 Å². The largest absolute Gasteiger partial charge is 0.310 e. The molecular formula is C76H54N2. The van der Waals surface area contributed by atoms with Gasteiger partial charge >= 0.3 is 0 Å². The molecule has 0 amide bonds. The van der Waals surface area contributed by atoms with Crippen molar-refractivity contribution in [2.24, 2.45) is 0 Å². The predicted molar refractivity (Wildman–Crippen MR) is 327 cm³/mol. The maximum atomic E-state index is 2.50. The average molecular weight is 995 g/mol. The molecule has 2 aliphatic carbocycles. The van der Waals surface area contributed by atoms with E-state index in [2.05, 4.69) is 315 Å². The zero-order valence-corrected chi connectivity index (χ0v) is 43.6. The highest BCUT2D eigenvalue weighted by molar-refractivity contribution is 6.10. The summed E-state index contributed by atoms with van der Waals surface area (Å²) < 4.78 is 2.39. The first kappa shape index (κ1) is 45.6. The molecule has 1 aromatic heterocycles. The van der Waals surface area contributed by atoms with Crippen molar-refractivity contribution in [2.75, 3.05) is 4.90 Å². The summed E-state index contributed by atoms with van der Waals surface area (Å²) in [4.78, 5) is 2.43. The lowest BCUT2D eigenvalue weighted by Gasteiger charge is -2.34. The molecule has 78 heavy (non-hydrogen) atoms. The lowest BCUT2D eigenvalue weighted by Crippen LogP contribution is -2.28. The number of aromatic nitrogens is 1. The van der Waals surface area contributed by atoms with E-state index in [1.54, 1.807) is 0 Å². The topological polar surface area (TPSA) is 8.17 Å². The lowest BCUT2D eigenvalue weighted by atomic mass is 9.67. The van der Waals surface area contributed by atoms with E-state index >= 15 is 0 Å². The fourth-order valence-corrected chi connectivity index (χ4v) is 13.5. The molecule has 2 nitrogen and oxygen atoms in total. The summed E-state index contributed by atoms with van der Waals surface area (Å²) in [6, 6.07) is 108. The van der Waals surface area contributed by atoms with E-state index < -0.39 is 5.41 Å². The minimum absolute atomic E-state index is 0.133. The van der Waals surface area contributed by atoms with Gasteiger partial charge in [-0.25, -0.2) is 0 Å². The standard InChI is InChI=1S/C76H54N2/c1-75(2)68-31-17-15-28-63(68)64-46-44-61(50-70(64)75)77(59-40-34-52(35-41-59)51-20-7-3-8-21-51)60-42-36-53(37-43-60)62-30-19-32-69-74(62)66-45-38-55(49-71(66)76(69,56-22-9-4-10-23-56)57-24-11-5-12-25-57)54-39-47-73-67(48-54)65-29-16-18-33-72(65)78(73)58-26-13-6-14-27-58/h3-50H,1-2H3. The fraction of sp³-hybridized carbons (Fsp3) is 0.0526. The monoisotopic (exact) mass is 994 g/mol. The van der Waals surface area contributed by atoms with Crippen LogP contribution >= 0.6 is 0 Å². The van der Waals surface area contributed by atoms with E-state index in [9.17, 15) is 0 Å². The van der Waals surface area contributed by atoms with Crippen LogP contribution in [-0.2, 0) is 10.8 Å². The van der Waals surface area contributed by atoms with Gasteiger partial charge in [0.05, 0.1) is 16.4 Å². The van der Waals surface area contributed by atoms with Crippen LogP contribution in [-0.4, -0.2) is 4.57 Å². The summed E-state index contributed by atoms with van der Waals surface area (Å²) in [7, 11) is 0. The van der Waals surface area contributed by atoms with E-state index in [1.165, 1.54) is 111 Å². The average Bonchev–Trinajstić information content (AvgIpc) is 3.75. The molecule has 0 radical (unpaired) electrons. The number of benzene rings is 12. The maximum absolute atomic E-state index is 2.50. The van der Waals surface area contributed by atoms with Crippen molar-refractivity contribution < 1.29 is 0 Å². The second kappa shape index (κ2) is 17.9. The van der Waals surface area contributed by atoms with Crippen molar-refractivity contribution in [3.8, 4) is 61.3 Å². The first-order valence-corrected chi connectivity index (χ1v) is 27.2. The number of para-hydroxylation sites is 2. The molecule has 0 N–H and O–H groups in total. The Hall–Kier alpha value is -9.76. The smallest absolute Gasteiger partial charge is 0.0714 e. The van der Waals surface area contributed by atoms with Crippen LogP contribution in [0, 0.1) is 0 Å². The van der Waals surface area contributed by atoms with Crippen LogP contribution in [0.25, 0.3) is 83.1 Å². The second-order valence-electron chi connectivity index (χ2n) is 21.6. The van der Waals surface area contributed by atoms with E-state index in [0.717, 1.165) is 22.7 Å². The van der Waals surface area contributed by atoms with Crippen LogP contribution in [0.3, 0.4) is 0 Å². The molecule has 0 saturated heterocycles. The van der Waals surface area contributed by atoms with E-state index in [0.29, 0.717) is 0 Å². The van der Waals surface area contributed by atoms with Crippen LogP contribution < -0.4 is 4.90 Å². The Bertz CT molecular complexity index is 4380. The quantitative estimate of drug-likeness (QED) is 0.140. The fourth-order valence-electron chi connectivity index (χ4n) is 13.5. The first-order chi connectivity index (χ1) is 38.4. The van der Waals surface area contributed by atoms with Crippen molar-refractivity contribution in [3.63, 3.8) is 0 Å². The highest BCUT2D eigenvalue weighted by Crippen LogP contribution is 2.59. The molecule has 2 aliphatic rings. The molecule has 0 bridgehead atoms. The molecule has 15 rings (SSSR count). The Kier molecular flexibility index (Phi) is 10.5. The zero-order valence-electron chi connectivity index (χ0n) is 43.6. The Balaban J connectivity index is 0.887. The minimum atomic E-state index is -0.587. The third-order valence-corrected chi connectivity index (χ3v) is 17.1. The Labute approximate surface area is 456 Å². The van der Waals surface area contributed by atoms with Crippen molar-refractivity contribution in [3.05, 3.63) is 325 Å². The van der Waals surface area contributed by atoms with Gasteiger partial charge in [-0.1, -0.05) is 232 Å². The third-order valence-electron chi connectivity index (χ3n) is 17.1. The summed E-state index contributed by atoms with van der Waals surface area (Å²) in [5, 5.41) is 2.49. The number of nitrogens with zero attached hydrogens (tertiary/aromatic N) is 2. The van der Waals surface area contributed by atoms with Crippen LogP contribution in [0.4, 0.5) is 17.1 Å². The van der Waals surface area contributed by atoms with Gasteiger partial charge in [-0.2, -0.15) is 0 Å². The zero-order chi connectivity index (χ0) is 52.0. The third kappa shape index (κ3) is 6.96. The number of rotatable bonds is 9. The molecule has 13 aromatic rings. The molecular weight excluding hydrogens is 941 g/mol. The van der Waals surface area contributed by atoms with Gasteiger partial charge in [0.2, 0.25) is 0 Å². The molecule has 0 aliphatic heterocycles. The highest BCUT2D eigenvalue weighted by atomic mass is 15.1. The maximum Gasteiger partial charge on any atom is 0.0714 e. The summed E-state index contributed by atoms with van der Waals surface area (Å²) in [6.07, 6.45) is 0. The highest BCUT2D eigenvalue weighted by Gasteiger charge is 2.47. The number of anilines is 3. The SMILES string of the molecule is CC1(C)c2ccccc2-c2ccc(N(c3ccc(-c4ccccc4)cc3)c3ccc(-c4cccc5c4-c4ccc(-c6ccc7c(c6)c6ccccc6n7-c6ccccc6)cc4C5(c4ccccc4)c4ccccc4)cc3)cc21. The van der Waals surface area contributed by atoms with Crippen molar-refractivity contribution >= 4 is 38.9 Å². The molecule has 0 saturated carbocycles. The van der Waals surface area contributed by atoms with Gasteiger partial charge in [-0.15, -0.1) is 0 Å². The van der Waals surface area contributed by atoms with Gasteiger partial charge in [0, 0.05) is 38.9 Å². The number of fused-ring (bicyclic) bond motifs is 9. The molecule has 0 spiro atoms. The molecule has 0 fully saturated rings. The van der Waals surface area contributed by atoms with E-state index in [4.69, 9.17) is 0 Å². The number of hydrogen-bond acceptors (Lipinski definition) is 1. The summed E-state index contributed by atoms with van der Waals surface area (Å²) in [6.45, 7) is 4.73. The number of hydrogen-bond donors (Lipinski definition) is 0. The van der Waals surface area contributed by atoms with Gasteiger partial charge in [0.25, 0.3) is 0 Å². The second-order valence-corrected chi connectivity index (χ2v) is 21.6. The molecule has 12 aromatic carbocycles. The predicted octanol–water partition coefficient (Wildman–Crippen LogP) is 19.9. The lowest BCUT2D eigenvalue weighted by molar-refractivity contribution is 0.660. The van der Waals surface area contributed by atoms with E-state index in [-0.39, 0.29) is 5.41 Å². The molecule has 368 valence electrons. The van der Waals surface area contributed by atoms with Crippen LogP contribution in [0.5, 0.6) is 0 Å². The van der Waals surface area contributed by atoms with E-state index in [1.807, 2.05) is 0 Å². The van der Waals surface area contributed by atoms with Gasteiger partial charge in [-0.05, 0) is 162 Å². The van der Waals surface area contributed by atoms with Gasteiger partial charge in [0.1, 0.15) is 0 Å². The summed E-state index contributed by atoms with van der Waals surface area (Å²) >= 11 is 0. The summed E-state index contributed by atoms with van der Waals surface area (Å²) in [5.41, 5.74) is 26.3. The van der Waals surface area contributed by atoms with Gasteiger partial charge < -0.3 is 9.47 Å². The molecule has 0 unspecified atom stereocenters. The molecule has 1 heterocycles. The van der Waals surface area contributed by atoms with Gasteiger partial charge in [0.15, 0.2) is 0 Å². The van der Waals surface area contributed by atoms with Crippen LogP contribution in [0.2, 0.25) is 0 Å². The summed E-state index contributed by atoms with van der Waals surface area (Å²) in [5.74, 6) is 0. The Morgan fingerprint density at radius 2 is 0.795 bits per heavy atom. The Morgan fingerprint density at radius 3 is 1.51 bits per heavy atom. The first-order valence-electron chi connectivity index (χ1n) is 27.2.